The van der Waals surface area contributed by atoms with Crippen molar-refractivity contribution in [3.63, 3.8) is 0 Å². The number of hydrogen-bond acceptors (Lipinski definition) is 3. The first kappa shape index (κ1) is 14.1. The summed E-state index contributed by atoms with van der Waals surface area (Å²) in [5.74, 6) is 0.731. The van der Waals surface area contributed by atoms with Crippen LogP contribution in [0.3, 0.4) is 0 Å². The average molecular weight is 285 g/mol. The van der Waals surface area contributed by atoms with Gasteiger partial charge < -0.3 is 10.6 Å². The number of ketones is 1. The molecule has 0 atom stereocenters. The van der Waals surface area contributed by atoms with Crippen molar-refractivity contribution in [1.29, 1.82) is 0 Å². The Bertz CT molecular complexity index is 621. The first-order valence-electron chi connectivity index (χ1n) is 6.16. The van der Waals surface area contributed by atoms with E-state index in [9.17, 15) is 4.79 Å². The number of aromatic nitrogens is 1. The zero-order valence-corrected chi connectivity index (χ0v) is 12.1. The molecule has 0 spiro atoms. The van der Waals surface area contributed by atoms with E-state index in [0.717, 1.165) is 11.3 Å². The number of hydrogen-bond donors (Lipinski definition) is 2. The van der Waals surface area contributed by atoms with Crippen LogP contribution in [0.5, 0.6) is 0 Å². The van der Waals surface area contributed by atoms with Gasteiger partial charge in [0.15, 0.2) is 10.9 Å². The average Bonchev–Trinajstić information content (AvgIpc) is 2.42. The SMILES string of the molecule is CC(=O)c1ccc(NC(=S)Nc2ccc(C)cn2)cc1. The van der Waals surface area contributed by atoms with Gasteiger partial charge in [0.2, 0.25) is 0 Å². The maximum Gasteiger partial charge on any atom is 0.176 e. The minimum Gasteiger partial charge on any atom is -0.332 e. The highest BCUT2D eigenvalue weighted by Gasteiger charge is 2.02. The van der Waals surface area contributed by atoms with Crippen molar-refractivity contribution in [1.82, 2.24) is 4.98 Å². The number of benzene rings is 1. The molecule has 1 heterocycles. The molecule has 0 aliphatic heterocycles. The predicted molar refractivity (Wildman–Crippen MR) is 85.3 cm³/mol. The smallest absolute Gasteiger partial charge is 0.176 e. The van der Waals surface area contributed by atoms with Crippen molar-refractivity contribution in [3.8, 4) is 0 Å². The molecule has 0 amide bonds. The van der Waals surface area contributed by atoms with Gasteiger partial charge in [0, 0.05) is 17.4 Å². The first-order chi connectivity index (χ1) is 9.54. The predicted octanol–water partition coefficient (Wildman–Crippen LogP) is 3.40. The molecule has 0 aliphatic rings. The monoisotopic (exact) mass is 285 g/mol. The number of carbonyl (C=O) groups is 1. The van der Waals surface area contributed by atoms with Gasteiger partial charge in [-0.15, -0.1) is 0 Å². The molecule has 1 aromatic carbocycles. The summed E-state index contributed by atoms with van der Waals surface area (Å²) in [5, 5.41) is 6.49. The second-order valence-electron chi connectivity index (χ2n) is 4.43. The van der Waals surface area contributed by atoms with Crippen LogP contribution in [0.25, 0.3) is 0 Å². The van der Waals surface area contributed by atoms with Crippen LogP contribution >= 0.6 is 12.2 Å². The summed E-state index contributed by atoms with van der Waals surface area (Å²) < 4.78 is 0. The lowest BCUT2D eigenvalue weighted by atomic mass is 10.1. The molecular weight excluding hydrogens is 270 g/mol. The van der Waals surface area contributed by atoms with Gasteiger partial charge >= 0.3 is 0 Å². The number of carbonyl (C=O) groups excluding carboxylic acids is 1. The van der Waals surface area contributed by atoms with Gasteiger partial charge in [0.05, 0.1) is 0 Å². The molecule has 2 rings (SSSR count). The van der Waals surface area contributed by atoms with Gasteiger partial charge in [-0.05, 0) is 62.0 Å². The molecule has 102 valence electrons. The summed E-state index contributed by atoms with van der Waals surface area (Å²) in [6, 6.07) is 11.0. The van der Waals surface area contributed by atoms with E-state index >= 15 is 0 Å². The third-order valence-electron chi connectivity index (χ3n) is 2.70. The van der Waals surface area contributed by atoms with Crippen molar-refractivity contribution in [3.05, 3.63) is 53.7 Å². The number of anilines is 2. The van der Waals surface area contributed by atoms with Crippen LogP contribution in [0.2, 0.25) is 0 Å². The number of pyridine rings is 1. The van der Waals surface area contributed by atoms with E-state index in [1.54, 1.807) is 18.3 Å². The highest BCUT2D eigenvalue weighted by Crippen LogP contribution is 2.11. The third-order valence-corrected chi connectivity index (χ3v) is 2.91. The second-order valence-corrected chi connectivity index (χ2v) is 4.84. The van der Waals surface area contributed by atoms with Gasteiger partial charge in [-0.1, -0.05) is 6.07 Å². The summed E-state index contributed by atoms with van der Waals surface area (Å²) in [6.45, 7) is 3.52. The van der Waals surface area contributed by atoms with Crippen LogP contribution in [-0.4, -0.2) is 15.9 Å². The van der Waals surface area contributed by atoms with Gasteiger partial charge in [-0.25, -0.2) is 4.98 Å². The minimum atomic E-state index is 0.0427. The summed E-state index contributed by atoms with van der Waals surface area (Å²) in [7, 11) is 0. The highest BCUT2D eigenvalue weighted by molar-refractivity contribution is 7.80. The van der Waals surface area contributed by atoms with Gasteiger partial charge in [0.1, 0.15) is 5.82 Å². The molecule has 0 unspecified atom stereocenters. The van der Waals surface area contributed by atoms with Crippen LogP contribution in [0.4, 0.5) is 11.5 Å². The van der Waals surface area contributed by atoms with Crippen LogP contribution in [0.15, 0.2) is 42.6 Å². The molecule has 0 saturated carbocycles. The van der Waals surface area contributed by atoms with Crippen LogP contribution < -0.4 is 10.6 Å². The lowest BCUT2D eigenvalue weighted by Gasteiger charge is -2.10. The number of thiocarbonyl (C=S) groups is 1. The zero-order valence-electron chi connectivity index (χ0n) is 11.3. The van der Waals surface area contributed by atoms with Gasteiger partial charge in [-0.3, -0.25) is 4.79 Å². The maximum absolute atomic E-state index is 11.2. The van der Waals surface area contributed by atoms with E-state index in [2.05, 4.69) is 15.6 Å². The van der Waals surface area contributed by atoms with Crippen molar-refractivity contribution >= 4 is 34.6 Å². The van der Waals surface area contributed by atoms with Gasteiger partial charge in [-0.2, -0.15) is 0 Å². The Morgan fingerprint density at radius 2 is 1.80 bits per heavy atom. The minimum absolute atomic E-state index is 0.0427. The number of Topliss-reactive ketones (excluding diaryl/α,β-unsaturated/α-hetero) is 1. The molecule has 1 aromatic heterocycles. The molecule has 2 N–H and O–H groups in total. The molecular formula is C15H15N3OS. The molecule has 0 bridgehead atoms. The second kappa shape index (κ2) is 6.25. The number of nitrogens with zero attached hydrogens (tertiary/aromatic N) is 1. The van der Waals surface area contributed by atoms with Crippen LogP contribution in [0.1, 0.15) is 22.8 Å². The largest absolute Gasteiger partial charge is 0.332 e. The fourth-order valence-electron chi connectivity index (χ4n) is 1.61. The van der Waals surface area contributed by atoms with E-state index in [1.807, 2.05) is 31.2 Å². The van der Waals surface area contributed by atoms with E-state index < -0.39 is 0 Å². The molecule has 0 fully saturated rings. The fraction of sp³-hybridized carbons (Fsp3) is 0.133. The van der Waals surface area contributed by atoms with E-state index in [4.69, 9.17) is 12.2 Å². The topological polar surface area (TPSA) is 54.0 Å². The van der Waals surface area contributed by atoms with Crippen molar-refractivity contribution < 1.29 is 4.79 Å². The summed E-state index contributed by atoms with van der Waals surface area (Å²) in [6.07, 6.45) is 1.77. The standard InChI is InChI=1S/C15H15N3OS/c1-10-3-8-14(16-9-10)18-15(20)17-13-6-4-12(5-7-13)11(2)19/h3-9H,1-2H3,(H2,16,17,18,20). The molecule has 0 radical (unpaired) electrons. The normalized spacial score (nSPS) is 9.90. The molecule has 0 saturated heterocycles. The fourth-order valence-corrected chi connectivity index (χ4v) is 1.83. The van der Waals surface area contributed by atoms with E-state index in [-0.39, 0.29) is 5.78 Å². The quantitative estimate of drug-likeness (QED) is 0.668. The molecule has 2 aromatic rings. The Morgan fingerprint density at radius 3 is 2.35 bits per heavy atom. The Hall–Kier alpha value is -2.27. The Kier molecular flexibility index (Phi) is 4.42. The third kappa shape index (κ3) is 3.86. The maximum atomic E-state index is 11.2. The highest BCUT2D eigenvalue weighted by atomic mass is 32.1. The summed E-state index contributed by atoms with van der Waals surface area (Å²) >= 11 is 5.21. The first-order valence-corrected chi connectivity index (χ1v) is 6.57. The Morgan fingerprint density at radius 1 is 1.10 bits per heavy atom. The van der Waals surface area contributed by atoms with E-state index in [0.29, 0.717) is 16.5 Å². The van der Waals surface area contributed by atoms with Crippen molar-refractivity contribution in [2.45, 2.75) is 13.8 Å². The number of aryl methyl sites for hydroxylation is 1. The summed E-state index contributed by atoms with van der Waals surface area (Å²) in [5.41, 5.74) is 2.59. The van der Waals surface area contributed by atoms with Crippen molar-refractivity contribution in [2.75, 3.05) is 10.6 Å². The van der Waals surface area contributed by atoms with Crippen molar-refractivity contribution in [2.24, 2.45) is 0 Å². The molecule has 4 nitrogen and oxygen atoms in total. The number of nitrogens with one attached hydrogen (secondary N) is 2. The van der Waals surface area contributed by atoms with Crippen LogP contribution in [0, 0.1) is 6.92 Å². The lowest BCUT2D eigenvalue weighted by molar-refractivity contribution is 0.101. The number of rotatable bonds is 3. The molecule has 0 aliphatic carbocycles. The van der Waals surface area contributed by atoms with Gasteiger partial charge in [0.25, 0.3) is 0 Å². The Labute approximate surface area is 123 Å². The Balaban J connectivity index is 1.97. The lowest BCUT2D eigenvalue weighted by Crippen LogP contribution is -2.19. The molecule has 20 heavy (non-hydrogen) atoms. The van der Waals surface area contributed by atoms with Crippen LogP contribution in [-0.2, 0) is 0 Å². The molecule has 5 heteroatoms. The zero-order chi connectivity index (χ0) is 14.5. The van der Waals surface area contributed by atoms with E-state index in [1.165, 1.54) is 6.92 Å². The summed E-state index contributed by atoms with van der Waals surface area (Å²) in [4.78, 5) is 15.4.